The van der Waals surface area contributed by atoms with Gasteiger partial charge in [-0.3, -0.25) is 9.88 Å². The first kappa shape index (κ1) is 13.6. The molecule has 0 radical (unpaired) electrons. The lowest BCUT2D eigenvalue weighted by atomic mass is 10.1. The number of anilines is 1. The second kappa shape index (κ2) is 6.34. The van der Waals surface area contributed by atoms with Crippen LogP contribution in [0.1, 0.15) is 31.0 Å². The van der Waals surface area contributed by atoms with Gasteiger partial charge in [-0.15, -0.1) is 0 Å². The third-order valence-corrected chi connectivity index (χ3v) is 3.51. The van der Waals surface area contributed by atoms with Crippen LogP contribution in [0.2, 0.25) is 0 Å². The minimum absolute atomic E-state index is 0.374. The Morgan fingerprint density at radius 1 is 1.11 bits per heavy atom. The zero-order valence-corrected chi connectivity index (χ0v) is 11.6. The van der Waals surface area contributed by atoms with E-state index in [2.05, 4.69) is 48.0 Å². The fourth-order valence-corrected chi connectivity index (χ4v) is 2.23. The smallest absolute Gasteiger partial charge is 0.0323 e. The lowest BCUT2D eigenvalue weighted by molar-refractivity contribution is 0.213. The highest BCUT2D eigenvalue weighted by molar-refractivity contribution is 5.40. The number of hydrogen-bond acceptors (Lipinski definition) is 3. The van der Waals surface area contributed by atoms with Crippen molar-refractivity contribution in [2.24, 2.45) is 0 Å². The van der Waals surface area contributed by atoms with Gasteiger partial charge in [0.15, 0.2) is 0 Å². The Balaban J connectivity index is 2.11. The van der Waals surface area contributed by atoms with Gasteiger partial charge >= 0.3 is 0 Å². The van der Waals surface area contributed by atoms with Crippen LogP contribution in [0.25, 0.3) is 0 Å². The van der Waals surface area contributed by atoms with Crippen LogP contribution >= 0.6 is 0 Å². The molecular weight excluding hydrogens is 234 g/mol. The second-order valence-electron chi connectivity index (χ2n) is 4.76. The fraction of sp³-hybridized carbons (Fsp3) is 0.312. The number of rotatable bonds is 5. The highest BCUT2D eigenvalue weighted by Crippen LogP contribution is 2.22. The van der Waals surface area contributed by atoms with Crippen molar-refractivity contribution >= 4 is 5.69 Å². The summed E-state index contributed by atoms with van der Waals surface area (Å²) < 4.78 is 0. The third kappa shape index (κ3) is 3.55. The van der Waals surface area contributed by atoms with Crippen LogP contribution < -0.4 is 5.73 Å². The lowest BCUT2D eigenvalue weighted by Crippen LogP contribution is -2.26. The molecule has 2 rings (SSSR count). The summed E-state index contributed by atoms with van der Waals surface area (Å²) >= 11 is 0. The molecule has 0 saturated carbocycles. The quantitative estimate of drug-likeness (QED) is 0.834. The lowest BCUT2D eigenvalue weighted by Gasteiger charge is -2.28. The van der Waals surface area contributed by atoms with Gasteiger partial charge in [0.05, 0.1) is 0 Å². The van der Waals surface area contributed by atoms with E-state index in [1.54, 1.807) is 0 Å². The van der Waals surface area contributed by atoms with Gasteiger partial charge in [0.1, 0.15) is 0 Å². The van der Waals surface area contributed by atoms with E-state index in [0.717, 1.165) is 18.8 Å². The number of nitrogens with two attached hydrogens (primary N) is 1. The first-order valence-corrected chi connectivity index (χ1v) is 6.69. The highest BCUT2D eigenvalue weighted by Gasteiger charge is 2.14. The van der Waals surface area contributed by atoms with E-state index < -0.39 is 0 Å². The maximum Gasteiger partial charge on any atom is 0.0323 e. The molecule has 1 aromatic heterocycles. The van der Waals surface area contributed by atoms with Crippen LogP contribution in [0.3, 0.4) is 0 Å². The van der Waals surface area contributed by atoms with Crippen molar-refractivity contribution in [1.82, 2.24) is 9.88 Å². The van der Waals surface area contributed by atoms with E-state index in [0.29, 0.717) is 6.04 Å². The Morgan fingerprint density at radius 2 is 1.74 bits per heavy atom. The number of nitrogen functional groups attached to an aromatic ring is 1. The van der Waals surface area contributed by atoms with Crippen molar-refractivity contribution in [3.8, 4) is 0 Å². The van der Waals surface area contributed by atoms with Gasteiger partial charge in [-0.05, 0) is 48.9 Å². The van der Waals surface area contributed by atoms with Gasteiger partial charge < -0.3 is 5.73 Å². The second-order valence-corrected chi connectivity index (χ2v) is 4.76. The Labute approximate surface area is 115 Å². The molecule has 1 atom stereocenters. The van der Waals surface area contributed by atoms with Gasteiger partial charge in [0.2, 0.25) is 0 Å². The first-order valence-electron chi connectivity index (χ1n) is 6.69. The van der Waals surface area contributed by atoms with Crippen LogP contribution in [0.4, 0.5) is 5.69 Å². The minimum atomic E-state index is 0.374. The molecule has 1 heterocycles. The molecule has 19 heavy (non-hydrogen) atoms. The molecule has 0 fully saturated rings. The predicted octanol–water partition coefficient (Wildman–Crippen LogP) is 3.25. The standard InChI is InChI=1S/C16H21N3/c1-3-19(12-14-8-10-18-11-9-14)13(2)15-4-6-16(17)7-5-15/h4-11,13H,3,12,17H2,1-2H3. The molecule has 0 aliphatic heterocycles. The molecule has 0 bridgehead atoms. The van der Waals surface area contributed by atoms with Crippen molar-refractivity contribution in [2.75, 3.05) is 12.3 Å². The maximum absolute atomic E-state index is 5.74. The summed E-state index contributed by atoms with van der Waals surface area (Å²) in [7, 11) is 0. The summed E-state index contributed by atoms with van der Waals surface area (Å²) in [6.07, 6.45) is 3.69. The van der Waals surface area contributed by atoms with Crippen LogP contribution in [-0.4, -0.2) is 16.4 Å². The fourth-order valence-electron chi connectivity index (χ4n) is 2.23. The largest absolute Gasteiger partial charge is 0.399 e. The van der Waals surface area contributed by atoms with Crippen LogP contribution in [-0.2, 0) is 6.54 Å². The molecule has 0 spiro atoms. The van der Waals surface area contributed by atoms with Crippen LogP contribution in [0, 0.1) is 0 Å². The first-order chi connectivity index (χ1) is 9.20. The maximum atomic E-state index is 5.74. The van der Waals surface area contributed by atoms with Crippen molar-refractivity contribution in [1.29, 1.82) is 0 Å². The van der Waals surface area contributed by atoms with Crippen LogP contribution in [0.15, 0.2) is 48.8 Å². The molecule has 0 saturated heterocycles. The Kier molecular flexibility index (Phi) is 4.53. The molecule has 3 heteroatoms. The average molecular weight is 255 g/mol. The van der Waals surface area contributed by atoms with E-state index in [-0.39, 0.29) is 0 Å². The number of hydrogen-bond donors (Lipinski definition) is 1. The molecule has 3 nitrogen and oxygen atoms in total. The van der Waals surface area contributed by atoms with Crippen molar-refractivity contribution in [3.05, 3.63) is 59.9 Å². The predicted molar refractivity (Wildman–Crippen MR) is 79.6 cm³/mol. The molecule has 0 aliphatic carbocycles. The van der Waals surface area contributed by atoms with E-state index >= 15 is 0 Å². The Bertz CT molecular complexity index is 493. The number of nitrogens with zero attached hydrogens (tertiary/aromatic N) is 2. The van der Waals surface area contributed by atoms with Gasteiger partial charge in [0.25, 0.3) is 0 Å². The zero-order chi connectivity index (χ0) is 13.7. The zero-order valence-electron chi connectivity index (χ0n) is 11.6. The Hall–Kier alpha value is -1.87. The Morgan fingerprint density at radius 3 is 2.32 bits per heavy atom. The molecule has 1 unspecified atom stereocenters. The minimum Gasteiger partial charge on any atom is -0.399 e. The average Bonchev–Trinajstić information content (AvgIpc) is 2.46. The van der Waals surface area contributed by atoms with Crippen LogP contribution in [0.5, 0.6) is 0 Å². The highest BCUT2D eigenvalue weighted by atomic mass is 15.1. The summed E-state index contributed by atoms with van der Waals surface area (Å²) in [5, 5.41) is 0. The molecule has 0 amide bonds. The van der Waals surface area contributed by atoms with Crippen molar-refractivity contribution in [2.45, 2.75) is 26.4 Å². The van der Waals surface area contributed by atoms with Crippen molar-refractivity contribution in [3.63, 3.8) is 0 Å². The molecule has 2 N–H and O–H groups in total. The SMILES string of the molecule is CCN(Cc1ccncc1)C(C)c1ccc(N)cc1. The monoisotopic (exact) mass is 255 g/mol. The van der Waals surface area contributed by atoms with Gasteiger partial charge in [0, 0.05) is 30.7 Å². The van der Waals surface area contributed by atoms with Gasteiger partial charge in [-0.2, -0.15) is 0 Å². The summed E-state index contributed by atoms with van der Waals surface area (Å²) in [5.41, 5.74) is 9.14. The summed E-state index contributed by atoms with van der Waals surface area (Å²) in [6.45, 7) is 6.36. The molecule has 0 aliphatic rings. The van der Waals surface area contributed by atoms with E-state index in [4.69, 9.17) is 5.73 Å². The van der Waals surface area contributed by atoms with Crippen molar-refractivity contribution < 1.29 is 0 Å². The molecular formula is C16H21N3. The number of pyridine rings is 1. The normalized spacial score (nSPS) is 12.6. The van der Waals surface area contributed by atoms with E-state index in [1.165, 1.54) is 11.1 Å². The number of aromatic nitrogens is 1. The summed E-state index contributed by atoms with van der Waals surface area (Å²) in [4.78, 5) is 6.49. The third-order valence-electron chi connectivity index (χ3n) is 3.51. The molecule has 1 aromatic carbocycles. The van der Waals surface area contributed by atoms with E-state index in [9.17, 15) is 0 Å². The topological polar surface area (TPSA) is 42.2 Å². The number of benzene rings is 1. The molecule has 100 valence electrons. The van der Waals surface area contributed by atoms with Gasteiger partial charge in [-0.1, -0.05) is 19.1 Å². The van der Waals surface area contributed by atoms with Gasteiger partial charge in [-0.25, -0.2) is 0 Å². The summed E-state index contributed by atoms with van der Waals surface area (Å²) in [5.74, 6) is 0. The summed E-state index contributed by atoms with van der Waals surface area (Å²) in [6, 6.07) is 12.7. The molecule has 2 aromatic rings. The van der Waals surface area contributed by atoms with E-state index in [1.807, 2.05) is 24.5 Å².